The van der Waals surface area contributed by atoms with E-state index < -0.39 is 10.0 Å². The van der Waals surface area contributed by atoms with E-state index in [0.29, 0.717) is 17.7 Å². The van der Waals surface area contributed by atoms with Gasteiger partial charge in [0, 0.05) is 13.2 Å². The fourth-order valence-electron chi connectivity index (χ4n) is 2.07. The fraction of sp³-hybridized carbons (Fsp3) is 0.600. The lowest BCUT2D eigenvalue weighted by molar-refractivity contribution is 0.157. The molecule has 0 amide bonds. The summed E-state index contributed by atoms with van der Waals surface area (Å²) in [5.74, 6) is 0.113. The molecule has 21 heavy (non-hydrogen) atoms. The van der Waals surface area contributed by atoms with Gasteiger partial charge in [0.2, 0.25) is 10.0 Å². The van der Waals surface area contributed by atoms with Crippen molar-refractivity contribution in [1.29, 1.82) is 0 Å². The van der Waals surface area contributed by atoms with Gasteiger partial charge in [0.05, 0.1) is 18.1 Å². The molecule has 0 radical (unpaired) electrons. The van der Waals surface area contributed by atoms with Crippen LogP contribution in [0.1, 0.15) is 30.5 Å². The number of methoxy groups -OCH3 is 1. The van der Waals surface area contributed by atoms with Crippen LogP contribution in [0.15, 0.2) is 17.0 Å². The number of hydrogen-bond acceptors (Lipinski definition) is 4. The van der Waals surface area contributed by atoms with Gasteiger partial charge < -0.3 is 9.84 Å². The zero-order valence-corrected chi connectivity index (χ0v) is 14.1. The highest BCUT2D eigenvalue weighted by atomic mass is 32.2. The Hall–Kier alpha value is -0.950. The molecule has 0 spiro atoms. The number of aryl methyl sites for hydroxylation is 1. The third kappa shape index (κ3) is 4.51. The van der Waals surface area contributed by atoms with E-state index in [2.05, 4.69) is 4.72 Å². The van der Waals surface area contributed by atoms with Gasteiger partial charge in [0.25, 0.3) is 0 Å². The molecule has 1 unspecified atom stereocenters. The lowest BCUT2D eigenvalue weighted by Gasteiger charge is -2.22. The number of aliphatic hydroxyl groups excluding tert-OH is 1. The van der Waals surface area contributed by atoms with Gasteiger partial charge in [-0.2, -0.15) is 0 Å². The Morgan fingerprint density at radius 3 is 2.38 bits per heavy atom. The molecular weight excluding hydrogens is 290 g/mol. The zero-order chi connectivity index (χ0) is 16.2. The standard InChI is InChI=1S/C15H25NO4S/c1-10(2)14(9-20-5)16-21(18,19)15-7-13(8-17)6-11(3)12(15)4/h6-7,10,14,16-17H,8-9H2,1-5H3. The summed E-state index contributed by atoms with van der Waals surface area (Å²) in [6.45, 7) is 7.61. The van der Waals surface area contributed by atoms with Crippen molar-refractivity contribution in [3.8, 4) is 0 Å². The van der Waals surface area contributed by atoms with Gasteiger partial charge in [-0.1, -0.05) is 19.9 Å². The average Bonchev–Trinajstić information content (AvgIpc) is 2.40. The van der Waals surface area contributed by atoms with E-state index in [-0.39, 0.29) is 23.5 Å². The quantitative estimate of drug-likeness (QED) is 0.804. The summed E-state index contributed by atoms with van der Waals surface area (Å²) in [4.78, 5) is 0.216. The first-order valence-electron chi connectivity index (χ1n) is 6.95. The van der Waals surface area contributed by atoms with Gasteiger partial charge >= 0.3 is 0 Å². The summed E-state index contributed by atoms with van der Waals surface area (Å²) in [6, 6.07) is 3.02. The zero-order valence-electron chi connectivity index (χ0n) is 13.3. The minimum Gasteiger partial charge on any atom is -0.392 e. The number of nitrogens with one attached hydrogen (secondary N) is 1. The van der Waals surface area contributed by atoms with E-state index in [0.717, 1.165) is 5.56 Å². The first kappa shape index (κ1) is 18.1. The molecule has 0 aliphatic heterocycles. The van der Waals surface area contributed by atoms with Crippen molar-refractivity contribution in [3.63, 3.8) is 0 Å². The summed E-state index contributed by atoms with van der Waals surface area (Å²) < 4.78 is 33.0. The predicted octanol–water partition coefficient (Wildman–Crippen LogP) is 1.75. The third-order valence-electron chi connectivity index (χ3n) is 3.61. The first-order chi connectivity index (χ1) is 9.72. The Morgan fingerprint density at radius 2 is 1.90 bits per heavy atom. The number of ether oxygens (including phenoxy) is 1. The molecule has 0 fully saturated rings. The summed E-state index contributed by atoms with van der Waals surface area (Å²) >= 11 is 0. The lowest BCUT2D eigenvalue weighted by atomic mass is 10.1. The topological polar surface area (TPSA) is 75.6 Å². The van der Waals surface area contributed by atoms with Gasteiger partial charge in [0.1, 0.15) is 0 Å². The summed E-state index contributed by atoms with van der Waals surface area (Å²) in [6.07, 6.45) is 0. The third-order valence-corrected chi connectivity index (χ3v) is 5.23. The number of hydrogen-bond donors (Lipinski definition) is 2. The first-order valence-corrected chi connectivity index (χ1v) is 8.43. The van der Waals surface area contributed by atoms with Gasteiger partial charge in [-0.15, -0.1) is 0 Å². The number of rotatable bonds is 7. The van der Waals surface area contributed by atoms with Gasteiger partial charge in [-0.25, -0.2) is 13.1 Å². The highest BCUT2D eigenvalue weighted by Gasteiger charge is 2.24. The number of aliphatic hydroxyl groups is 1. The maximum atomic E-state index is 12.6. The van der Waals surface area contributed by atoms with E-state index in [1.807, 2.05) is 20.8 Å². The van der Waals surface area contributed by atoms with Crippen LogP contribution in [-0.4, -0.2) is 33.3 Å². The molecule has 5 nitrogen and oxygen atoms in total. The van der Waals surface area contributed by atoms with Crippen molar-refractivity contribution in [2.45, 2.75) is 45.2 Å². The van der Waals surface area contributed by atoms with Crippen LogP contribution in [0.5, 0.6) is 0 Å². The molecule has 0 heterocycles. The SMILES string of the molecule is COCC(NS(=O)(=O)c1cc(CO)cc(C)c1C)C(C)C. The minimum atomic E-state index is -3.65. The maximum absolute atomic E-state index is 12.6. The van der Waals surface area contributed by atoms with Crippen LogP contribution < -0.4 is 4.72 Å². The second kappa shape index (κ2) is 7.35. The summed E-state index contributed by atoms with van der Waals surface area (Å²) in [5, 5.41) is 9.26. The highest BCUT2D eigenvalue weighted by molar-refractivity contribution is 7.89. The van der Waals surface area contributed by atoms with Crippen molar-refractivity contribution < 1.29 is 18.3 Å². The van der Waals surface area contributed by atoms with E-state index in [1.165, 1.54) is 6.07 Å². The summed E-state index contributed by atoms with van der Waals surface area (Å²) in [5.41, 5.74) is 2.13. The van der Waals surface area contributed by atoms with Crippen LogP contribution in [-0.2, 0) is 21.4 Å². The molecule has 0 aliphatic carbocycles. The molecule has 1 rings (SSSR count). The van der Waals surface area contributed by atoms with Crippen molar-refractivity contribution in [2.75, 3.05) is 13.7 Å². The Balaban J connectivity index is 3.21. The second-order valence-corrected chi connectivity index (χ2v) is 7.30. The van der Waals surface area contributed by atoms with Crippen molar-refractivity contribution in [3.05, 3.63) is 28.8 Å². The van der Waals surface area contributed by atoms with Crippen LogP contribution in [0, 0.1) is 19.8 Å². The molecule has 1 aromatic carbocycles. The van der Waals surface area contributed by atoms with Crippen LogP contribution in [0.3, 0.4) is 0 Å². The lowest BCUT2D eigenvalue weighted by Crippen LogP contribution is -2.41. The van der Waals surface area contributed by atoms with Crippen molar-refractivity contribution >= 4 is 10.0 Å². The molecule has 120 valence electrons. The Labute approximate surface area is 127 Å². The maximum Gasteiger partial charge on any atom is 0.241 e. The largest absolute Gasteiger partial charge is 0.392 e. The van der Waals surface area contributed by atoms with Crippen LogP contribution in [0.4, 0.5) is 0 Å². The van der Waals surface area contributed by atoms with Gasteiger partial charge in [0.15, 0.2) is 0 Å². The number of sulfonamides is 1. The summed E-state index contributed by atoms with van der Waals surface area (Å²) in [7, 11) is -2.11. The Kier molecular flexibility index (Phi) is 6.34. The van der Waals surface area contributed by atoms with Crippen molar-refractivity contribution in [1.82, 2.24) is 4.72 Å². The molecule has 0 bridgehead atoms. The smallest absolute Gasteiger partial charge is 0.241 e. The van der Waals surface area contributed by atoms with Crippen molar-refractivity contribution in [2.24, 2.45) is 5.92 Å². The average molecular weight is 315 g/mol. The second-order valence-electron chi connectivity index (χ2n) is 5.62. The normalized spacial score (nSPS) is 13.7. The molecule has 0 aliphatic rings. The number of benzene rings is 1. The molecule has 0 saturated carbocycles. The van der Waals surface area contributed by atoms with E-state index in [1.54, 1.807) is 20.1 Å². The van der Waals surface area contributed by atoms with E-state index in [4.69, 9.17) is 4.74 Å². The van der Waals surface area contributed by atoms with Crippen LogP contribution in [0.2, 0.25) is 0 Å². The minimum absolute atomic E-state index is 0.113. The fourth-order valence-corrected chi connectivity index (χ4v) is 3.81. The highest BCUT2D eigenvalue weighted by Crippen LogP contribution is 2.22. The van der Waals surface area contributed by atoms with Gasteiger partial charge in [-0.05, 0) is 42.5 Å². The molecule has 2 N–H and O–H groups in total. The molecule has 0 aromatic heterocycles. The molecule has 6 heteroatoms. The molecule has 0 saturated heterocycles. The Bertz CT molecular complexity index is 582. The van der Waals surface area contributed by atoms with E-state index in [9.17, 15) is 13.5 Å². The molecular formula is C15H25NO4S. The molecule has 1 atom stereocenters. The monoisotopic (exact) mass is 315 g/mol. The van der Waals surface area contributed by atoms with Crippen LogP contribution >= 0.6 is 0 Å². The molecule has 1 aromatic rings. The van der Waals surface area contributed by atoms with Crippen LogP contribution in [0.25, 0.3) is 0 Å². The van der Waals surface area contributed by atoms with E-state index >= 15 is 0 Å². The predicted molar refractivity (Wildman–Crippen MR) is 82.7 cm³/mol. The van der Waals surface area contributed by atoms with Gasteiger partial charge in [-0.3, -0.25) is 0 Å². The Morgan fingerprint density at radius 1 is 1.29 bits per heavy atom.